The Hall–Kier alpha value is -2.42. The third kappa shape index (κ3) is 3.28. The number of nitrogens with zero attached hydrogens (tertiary/aromatic N) is 1. The Morgan fingerprint density at radius 1 is 0.821 bits per heavy atom. The molecule has 0 aromatic heterocycles. The molecule has 0 bridgehead atoms. The molecule has 144 valence electrons. The van der Waals surface area contributed by atoms with Gasteiger partial charge in [-0.05, 0) is 73.3 Å². The molecule has 2 nitrogen and oxygen atoms in total. The predicted octanol–water partition coefficient (Wildman–Crippen LogP) is 5.76. The molecular weight excluding hydrogens is 342 g/mol. The molecule has 2 atom stereocenters. The predicted molar refractivity (Wildman–Crippen MR) is 117 cm³/mol. The molecule has 0 fully saturated rings. The van der Waals surface area contributed by atoms with Crippen LogP contribution in [0.1, 0.15) is 24.5 Å². The minimum Gasteiger partial charge on any atom is -0.372 e. The van der Waals surface area contributed by atoms with Gasteiger partial charge in [0, 0.05) is 13.2 Å². The molecule has 0 N–H and O–H groups in total. The van der Waals surface area contributed by atoms with E-state index in [9.17, 15) is 0 Å². The minimum atomic E-state index is -0.276. The number of hydrogen-bond acceptors (Lipinski definition) is 2. The zero-order valence-corrected chi connectivity index (χ0v) is 17.3. The molecule has 3 aromatic carbocycles. The van der Waals surface area contributed by atoms with Crippen molar-refractivity contribution in [3.05, 3.63) is 83.9 Å². The molecule has 0 heterocycles. The van der Waals surface area contributed by atoms with Gasteiger partial charge in [0.1, 0.15) is 5.60 Å². The van der Waals surface area contributed by atoms with Gasteiger partial charge < -0.3 is 9.64 Å². The van der Waals surface area contributed by atoms with E-state index in [1.54, 1.807) is 0 Å². The highest BCUT2D eigenvalue weighted by atomic mass is 16.5. The summed E-state index contributed by atoms with van der Waals surface area (Å²) in [6.45, 7) is 2.23. The molecule has 0 aliphatic heterocycles. The number of ether oxygens (including phenoxy) is 1. The molecule has 2 unspecified atom stereocenters. The second kappa shape index (κ2) is 7.54. The Morgan fingerprint density at radius 2 is 1.46 bits per heavy atom. The third-order valence-electron chi connectivity index (χ3n) is 6.31. The maximum atomic E-state index is 6.06. The van der Waals surface area contributed by atoms with Crippen molar-refractivity contribution >= 4 is 0 Å². The lowest BCUT2D eigenvalue weighted by Gasteiger charge is -2.45. The topological polar surface area (TPSA) is 12.5 Å². The molecule has 28 heavy (non-hydrogen) atoms. The quantitative estimate of drug-likeness (QED) is 0.578. The van der Waals surface area contributed by atoms with Crippen molar-refractivity contribution in [2.24, 2.45) is 0 Å². The zero-order valence-electron chi connectivity index (χ0n) is 17.3. The van der Waals surface area contributed by atoms with E-state index in [2.05, 4.69) is 98.7 Å². The van der Waals surface area contributed by atoms with Gasteiger partial charge in [-0.2, -0.15) is 0 Å². The van der Waals surface area contributed by atoms with Gasteiger partial charge in [0.15, 0.2) is 0 Å². The van der Waals surface area contributed by atoms with Crippen LogP contribution in [0.2, 0.25) is 0 Å². The number of likely N-dealkylation sites (N-methyl/N-ethyl adjacent to an activating group) is 1. The molecule has 0 radical (unpaired) electrons. The molecule has 1 aliphatic carbocycles. The molecule has 0 saturated carbocycles. The van der Waals surface area contributed by atoms with Crippen molar-refractivity contribution in [2.75, 3.05) is 21.2 Å². The minimum absolute atomic E-state index is 0.276. The maximum absolute atomic E-state index is 6.06. The second-order valence-electron chi connectivity index (χ2n) is 8.15. The molecule has 1 aliphatic rings. The molecular formula is C26H29NO. The zero-order chi connectivity index (χ0) is 19.7. The first-order valence-corrected chi connectivity index (χ1v) is 10.0. The van der Waals surface area contributed by atoms with Gasteiger partial charge in [0.05, 0.1) is 0 Å². The van der Waals surface area contributed by atoms with Crippen LogP contribution in [0.15, 0.2) is 72.8 Å². The van der Waals surface area contributed by atoms with E-state index in [1.165, 1.54) is 33.4 Å². The van der Waals surface area contributed by atoms with Crippen molar-refractivity contribution in [2.45, 2.75) is 31.4 Å². The van der Waals surface area contributed by atoms with Crippen LogP contribution in [-0.2, 0) is 16.8 Å². The fraction of sp³-hybridized carbons (Fsp3) is 0.308. The van der Waals surface area contributed by atoms with Crippen LogP contribution < -0.4 is 0 Å². The molecule has 4 rings (SSSR count). The lowest BCUT2D eigenvalue weighted by molar-refractivity contribution is -0.0686. The average molecular weight is 372 g/mol. The first kappa shape index (κ1) is 18.9. The first-order valence-electron chi connectivity index (χ1n) is 10.0. The summed E-state index contributed by atoms with van der Waals surface area (Å²) >= 11 is 0. The van der Waals surface area contributed by atoms with E-state index in [0.717, 1.165) is 12.8 Å². The third-order valence-corrected chi connectivity index (χ3v) is 6.31. The van der Waals surface area contributed by atoms with Gasteiger partial charge in [-0.15, -0.1) is 0 Å². The summed E-state index contributed by atoms with van der Waals surface area (Å²) in [5.41, 5.74) is 7.50. The maximum Gasteiger partial charge on any atom is 0.106 e. The summed E-state index contributed by atoms with van der Waals surface area (Å²) in [5.74, 6) is 0. The van der Waals surface area contributed by atoms with Crippen LogP contribution in [-0.4, -0.2) is 32.1 Å². The summed E-state index contributed by atoms with van der Waals surface area (Å²) in [6, 6.07) is 26.7. The fourth-order valence-corrected chi connectivity index (χ4v) is 4.72. The van der Waals surface area contributed by atoms with Crippen LogP contribution in [0.25, 0.3) is 22.3 Å². The van der Waals surface area contributed by atoms with Crippen molar-refractivity contribution in [1.29, 1.82) is 0 Å². The van der Waals surface area contributed by atoms with E-state index in [0.29, 0.717) is 6.04 Å². The van der Waals surface area contributed by atoms with Gasteiger partial charge in [0.25, 0.3) is 0 Å². The highest BCUT2D eigenvalue weighted by Crippen LogP contribution is 2.41. The standard InChI is InChI=1S/C26H29NO/c1-26(28-4)24-15-13-22(18-23(24)14-16-25(26)27(2)3)21-12-8-11-20(17-21)19-9-6-5-7-10-19/h5-13,15,17-18,25H,14,16H2,1-4H3. The normalized spacial score (nSPS) is 21.5. The monoisotopic (exact) mass is 371 g/mol. The van der Waals surface area contributed by atoms with Crippen LogP contribution >= 0.6 is 0 Å². The highest BCUT2D eigenvalue weighted by Gasteiger charge is 2.41. The number of methoxy groups -OCH3 is 1. The van der Waals surface area contributed by atoms with E-state index < -0.39 is 0 Å². The molecule has 0 spiro atoms. The molecule has 0 amide bonds. The van der Waals surface area contributed by atoms with Crippen molar-refractivity contribution < 1.29 is 4.74 Å². The summed E-state index contributed by atoms with van der Waals surface area (Å²) in [5, 5.41) is 0. The summed E-state index contributed by atoms with van der Waals surface area (Å²) in [6.07, 6.45) is 2.20. The fourth-order valence-electron chi connectivity index (χ4n) is 4.72. The smallest absolute Gasteiger partial charge is 0.106 e. The Kier molecular flexibility index (Phi) is 5.09. The highest BCUT2D eigenvalue weighted by molar-refractivity contribution is 5.73. The van der Waals surface area contributed by atoms with Gasteiger partial charge in [-0.25, -0.2) is 0 Å². The van der Waals surface area contributed by atoms with Gasteiger partial charge >= 0.3 is 0 Å². The number of aryl methyl sites for hydroxylation is 1. The number of fused-ring (bicyclic) bond motifs is 1. The second-order valence-corrected chi connectivity index (χ2v) is 8.15. The van der Waals surface area contributed by atoms with E-state index >= 15 is 0 Å². The average Bonchev–Trinajstić information content (AvgIpc) is 2.74. The Morgan fingerprint density at radius 3 is 2.14 bits per heavy atom. The van der Waals surface area contributed by atoms with Crippen molar-refractivity contribution in [3.63, 3.8) is 0 Å². The Balaban J connectivity index is 1.73. The summed E-state index contributed by atoms with van der Waals surface area (Å²) in [4.78, 5) is 2.30. The van der Waals surface area contributed by atoms with Gasteiger partial charge in [-0.1, -0.05) is 66.7 Å². The van der Waals surface area contributed by atoms with Gasteiger partial charge in [0.2, 0.25) is 0 Å². The summed E-state index contributed by atoms with van der Waals surface area (Å²) in [7, 11) is 6.13. The Bertz CT molecular complexity index is 963. The SMILES string of the molecule is COC1(C)c2ccc(-c3cccc(-c4ccccc4)c3)cc2CCC1N(C)C. The van der Waals surface area contributed by atoms with Crippen LogP contribution in [0, 0.1) is 0 Å². The van der Waals surface area contributed by atoms with Gasteiger partial charge in [-0.3, -0.25) is 0 Å². The number of rotatable bonds is 4. The molecule has 2 heteroatoms. The van der Waals surface area contributed by atoms with Crippen LogP contribution in [0.4, 0.5) is 0 Å². The van der Waals surface area contributed by atoms with Crippen molar-refractivity contribution in [3.8, 4) is 22.3 Å². The molecule has 0 saturated heterocycles. The number of hydrogen-bond donors (Lipinski definition) is 0. The Labute approximate surface area is 168 Å². The lowest BCUT2D eigenvalue weighted by atomic mass is 9.75. The van der Waals surface area contributed by atoms with Crippen LogP contribution in [0.3, 0.4) is 0 Å². The van der Waals surface area contributed by atoms with E-state index in [-0.39, 0.29) is 5.60 Å². The van der Waals surface area contributed by atoms with E-state index in [1.807, 2.05) is 7.11 Å². The first-order chi connectivity index (χ1) is 13.5. The van der Waals surface area contributed by atoms with E-state index in [4.69, 9.17) is 4.74 Å². The lowest BCUT2D eigenvalue weighted by Crippen LogP contribution is -2.50. The molecule has 3 aromatic rings. The number of benzene rings is 3. The summed E-state index contributed by atoms with van der Waals surface area (Å²) < 4.78 is 6.06. The van der Waals surface area contributed by atoms with Crippen LogP contribution in [0.5, 0.6) is 0 Å². The van der Waals surface area contributed by atoms with Crippen molar-refractivity contribution in [1.82, 2.24) is 4.90 Å². The largest absolute Gasteiger partial charge is 0.372 e.